The standard InChI is InChI=1S/C17H28N2O2/c1-13(2)18-11-16-9-10-17(21-16)12-19(3)14-5-7-15(20-4)8-6-14/h5-8,13,16-18H,9-12H2,1-4H3. The summed E-state index contributed by atoms with van der Waals surface area (Å²) in [6.45, 7) is 6.23. The van der Waals surface area contributed by atoms with E-state index in [9.17, 15) is 0 Å². The molecule has 1 fully saturated rings. The Morgan fingerprint density at radius 1 is 1.24 bits per heavy atom. The number of likely N-dealkylation sites (N-methyl/N-ethyl adjacent to an activating group) is 1. The lowest BCUT2D eigenvalue weighted by Crippen LogP contribution is -2.34. The molecule has 0 bridgehead atoms. The van der Waals surface area contributed by atoms with Crippen molar-refractivity contribution in [3.05, 3.63) is 24.3 Å². The molecule has 21 heavy (non-hydrogen) atoms. The maximum absolute atomic E-state index is 6.12. The van der Waals surface area contributed by atoms with Crippen molar-refractivity contribution >= 4 is 5.69 Å². The maximum atomic E-state index is 6.12. The Morgan fingerprint density at radius 2 is 1.90 bits per heavy atom. The van der Waals surface area contributed by atoms with Crippen LogP contribution < -0.4 is 15.0 Å². The second-order valence-electron chi connectivity index (χ2n) is 6.10. The predicted octanol–water partition coefficient (Wildman–Crippen LogP) is 2.68. The van der Waals surface area contributed by atoms with Crippen molar-refractivity contribution in [3.63, 3.8) is 0 Å². The summed E-state index contributed by atoms with van der Waals surface area (Å²) in [6.07, 6.45) is 2.99. The molecule has 118 valence electrons. The van der Waals surface area contributed by atoms with Gasteiger partial charge in [0, 0.05) is 31.9 Å². The normalized spacial score (nSPS) is 21.8. The Morgan fingerprint density at radius 3 is 2.52 bits per heavy atom. The molecule has 0 aliphatic carbocycles. The number of nitrogens with one attached hydrogen (secondary N) is 1. The third kappa shape index (κ3) is 4.90. The van der Waals surface area contributed by atoms with Gasteiger partial charge >= 0.3 is 0 Å². The minimum Gasteiger partial charge on any atom is -0.497 e. The number of rotatable bonds is 7. The van der Waals surface area contributed by atoms with Crippen molar-refractivity contribution in [1.29, 1.82) is 0 Å². The topological polar surface area (TPSA) is 33.7 Å². The van der Waals surface area contributed by atoms with Crippen LogP contribution in [0.5, 0.6) is 5.75 Å². The van der Waals surface area contributed by atoms with Gasteiger partial charge in [0.15, 0.2) is 0 Å². The van der Waals surface area contributed by atoms with E-state index in [1.807, 2.05) is 12.1 Å². The molecule has 1 heterocycles. The number of hydrogen-bond donors (Lipinski definition) is 1. The fourth-order valence-electron chi connectivity index (χ4n) is 2.68. The van der Waals surface area contributed by atoms with Gasteiger partial charge in [-0.05, 0) is 37.1 Å². The van der Waals surface area contributed by atoms with Gasteiger partial charge in [-0.15, -0.1) is 0 Å². The Labute approximate surface area is 128 Å². The summed E-state index contributed by atoms with van der Waals surface area (Å²) in [5.41, 5.74) is 1.20. The molecule has 1 aromatic rings. The van der Waals surface area contributed by atoms with Crippen molar-refractivity contribution < 1.29 is 9.47 Å². The molecule has 1 aromatic carbocycles. The highest BCUT2D eigenvalue weighted by Crippen LogP contribution is 2.23. The third-order valence-corrected chi connectivity index (χ3v) is 3.94. The summed E-state index contributed by atoms with van der Waals surface area (Å²) < 4.78 is 11.3. The number of ether oxygens (including phenoxy) is 2. The highest BCUT2D eigenvalue weighted by molar-refractivity contribution is 5.48. The lowest BCUT2D eigenvalue weighted by atomic mass is 10.1. The van der Waals surface area contributed by atoms with Crippen LogP contribution >= 0.6 is 0 Å². The van der Waals surface area contributed by atoms with Crippen molar-refractivity contribution in [2.24, 2.45) is 0 Å². The Balaban J connectivity index is 1.79. The van der Waals surface area contributed by atoms with Gasteiger partial charge in [-0.1, -0.05) is 13.8 Å². The zero-order valence-electron chi connectivity index (χ0n) is 13.6. The Hall–Kier alpha value is -1.26. The summed E-state index contributed by atoms with van der Waals surface area (Å²) in [5.74, 6) is 0.893. The summed E-state index contributed by atoms with van der Waals surface area (Å²) in [6, 6.07) is 8.69. The van der Waals surface area contributed by atoms with Gasteiger partial charge in [-0.25, -0.2) is 0 Å². The van der Waals surface area contributed by atoms with Crippen LogP contribution in [0.25, 0.3) is 0 Å². The number of methoxy groups -OCH3 is 1. The molecule has 0 saturated carbocycles. The second-order valence-corrected chi connectivity index (χ2v) is 6.10. The molecule has 4 nitrogen and oxygen atoms in total. The van der Waals surface area contributed by atoms with E-state index in [-0.39, 0.29) is 0 Å². The number of nitrogens with zero attached hydrogens (tertiary/aromatic N) is 1. The molecule has 1 saturated heterocycles. The molecule has 2 unspecified atom stereocenters. The van der Waals surface area contributed by atoms with Crippen LogP contribution in [0.15, 0.2) is 24.3 Å². The Kier molecular flexibility index (Phi) is 5.88. The molecule has 1 aliphatic rings. The largest absolute Gasteiger partial charge is 0.497 e. The quantitative estimate of drug-likeness (QED) is 0.838. The van der Waals surface area contributed by atoms with Crippen LogP contribution in [0.4, 0.5) is 5.69 Å². The summed E-state index contributed by atoms with van der Waals surface area (Å²) in [4.78, 5) is 2.25. The molecule has 2 atom stereocenters. The van der Waals surface area contributed by atoms with Gasteiger partial charge in [0.05, 0.1) is 19.3 Å². The van der Waals surface area contributed by atoms with E-state index in [1.165, 1.54) is 5.69 Å². The van der Waals surface area contributed by atoms with Crippen LogP contribution in [0.1, 0.15) is 26.7 Å². The predicted molar refractivity (Wildman–Crippen MR) is 87.3 cm³/mol. The zero-order chi connectivity index (χ0) is 15.2. The van der Waals surface area contributed by atoms with Crippen molar-refractivity contribution in [1.82, 2.24) is 5.32 Å². The van der Waals surface area contributed by atoms with E-state index in [0.29, 0.717) is 18.2 Å². The first kappa shape index (κ1) is 16.1. The third-order valence-electron chi connectivity index (χ3n) is 3.94. The first-order chi connectivity index (χ1) is 10.1. The first-order valence-electron chi connectivity index (χ1n) is 7.82. The molecule has 0 amide bonds. The van der Waals surface area contributed by atoms with Gasteiger partial charge in [-0.3, -0.25) is 0 Å². The summed E-state index contributed by atoms with van der Waals surface area (Å²) in [7, 11) is 3.81. The van der Waals surface area contributed by atoms with Gasteiger partial charge in [0.2, 0.25) is 0 Å². The summed E-state index contributed by atoms with van der Waals surface area (Å²) >= 11 is 0. The number of anilines is 1. The molecule has 0 aromatic heterocycles. The lowest BCUT2D eigenvalue weighted by Gasteiger charge is -2.24. The molecular formula is C17H28N2O2. The number of hydrogen-bond acceptors (Lipinski definition) is 4. The zero-order valence-corrected chi connectivity index (χ0v) is 13.6. The lowest BCUT2D eigenvalue weighted by molar-refractivity contribution is 0.0489. The van der Waals surface area contributed by atoms with Crippen LogP contribution in [0, 0.1) is 0 Å². The molecule has 1 N–H and O–H groups in total. The second kappa shape index (κ2) is 7.66. The highest BCUT2D eigenvalue weighted by atomic mass is 16.5. The van der Waals surface area contributed by atoms with Crippen LogP contribution in [0.2, 0.25) is 0 Å². The van der Waals surface area contributed by atoms with Crippen molar-refractivity contribution in [2.45, 2.75) is 44.9 Å². The van der Waals surface area contributed by atoms with Crippen molar-refractivity contribution in [2.75, 3.05) is 32.1 Å². The molecule has 0 spiro atoms. The average Bonchev–Trinajstić information content (AvgIpc) is 2.92. The van der Waals surface area contributed by atoms with Gasteiger partial charge in [-0.2, -0.15) is 0 Å². The van der Waals surface area contributed by atoms with E-state index >= 15 is 0 Å². The minimum absolute atomic E-state index is 0.330. The number of benzene rings is 1. The van der Waals surface area contributed by atoms with E-state index in [1.54, 1.807) is 7.11 Å². The van der Waals surface area contributed by atoms with Crippen LogP contribution in [0.3, 0.4) is 0 Å². The fraction of sp³-hybridized carbons (Fsp3) is 0.647. The first-order valence-corrected chi connectivity index (χ1v) is 7.82. The molecule has 0 radical (unpaired) electrons. The average molecular weight is 292 g/mol. The smallest absolute Gasteiger partial charge is 0.119 e. The van der Waals surface area contributed by atoms with E-state index < -0.39 is 0 Å². The van der Waals surface area contributed by atoms with E-state index in [2.05, 4.69) is 43.2 Å². The van der Waals surface area contributed by atoms with Crippen molar-refractivity contribution in [3.8, 4) is 5.75 Å². The Bertz CT molecular complexity index is 419. The van der Waals surface area contributed by atoms with E-state index in [4.69, 9.17) is 9.47 Å². The minimum atomic E-state index is 0.330. The van der Waals surface area contributed by atoms with Gasteiger partial charge < -0.3 is 19.7 Å². The van der Waals surface area contributed by atoms with Crippen LogP contribution in [-0.2, 0) is 4.74 Å². The SMILES string of the molecule is COc1ccc(N(C)CC2CCC(CNC(C)C)O2)cc1. The fourth-order valence-corrected chi connectivity index (χ4v) is 2.68. The maximum Gasteiger partial charge on any atom is 0.119 e. The molecule has 4 heteroatoms. The monoisotopic (exact) mass is 292 g/mol. The van der Waals surface area contributed by atoms with E-state index in [0.717, 1.165) is 31.7 Å². The highest BCUT2D eigenvalue weighted by Gasteiger charge is 2.26. The van der Waals surface area contributed by atoms with Gasteiger partial charge in [0.1, 0.15) is 5.75 Å². The molecule has 1 aliphatic heterocycles. The molecule has 2 rings (SSSR count). The summed E-state index contributed by atoms with van der Waals surface area (Å²) in [5, 5.41) is 3.45. The van der Waals surface area contributed by atoms with Gasteiger partial charge in [0.25, 0.3) is 0 Å². The van der Waals surface area contributed by atoms with Crippen LogP contribution in [-0.4, -0.2) is 45.5 Å². The molecular weight excluding hydrogens is 264 g/mol.